The first kappa shape index (κ1) is 21.5. The summed E-state index contributed by atoms with van der Waals surface area (Å²) in [5.74, 6) is -1.95. The quantitative estimate of drug-likeness (QED) is 0.413. The van der Waals surface area contributed by atoms with Crippen LogP contribution in [0.1, 0.15) is 23.6 Å². The maximum absolute atomic E-state index is 14.7. The van der Waals surface area contributed by atoms with Crippen LogP contribution in [0.2, 0.25) is 0 Å². The Hall–Kier alpha value is -3.19. The van der Waals surface area contributed by atoms with E-state index in [1.165, 1.54) is 29.0 Å². The second kappa shape index (κ2) is 9.09. The van der Waals surface area contributed by atoms with E-state index in [4.69, 9.17) is 4.74 Å². The molecule has 0 spiro atoms. The van der Waals surface area contributed by atoms with E-state index in [1.54, 1.807) is 36.4 Å². The Bertz CT molecular complexity index is 987. The normalized spacial score (nSPS) is 18.3. The van der Waals surface area contributed by atoms with Crippen LogP contribution in [0.5, 0.6) is 5.75 Å². The molecule has 1 aliphatic heterocycles. The Morgan fingerprint density at radius 2 is 1.90 bits per heavy atom. The number of ketones is 1. The lowest BCUT2D eigenvalue weighted by Gasteiger charge is -2.25. The largest absolute Gasteiger partial charge is 0.507 e. The van der Waals surface area contributed by atoms with Gasteiger partial charge in [0, 0.05) is 24.1 Å². The first-order chi connectivity index (χ1) is 14.3. The molecule has 1 aliphatic rings. The number of benzene rings is 2. The van der Waals surface area contributed by atoms with Gasteiger partial charge in [0.2, 0.25) is 0 Å². The zero-order chi connectivity index (χ0) is 21.8. The summed E-state index contributed by atoms with van der Waals surface area (Å²) in [6.07, 6.45) is 0.638. The Balaban J connectivity index is 2.12. The number of hydrogen-bond donors (Lipinski definition) is 2. The molecule has 0 bridgehead atoms. The summed E-state index contributed by atoms with van der Waals surface area (Å²) in [6, 6.07) is 11.6. The standard InChI is InChI=1S/C23H25FN2O4/c1-25(2)12-7-13-26-20(17-10-4-5-11-18(17)24)19(22(28)23(26)29)21(27)15-8-6-9-16(14-15)30-3/h4-6,8-11,14,20,27H,7,12-13H2,1-3H3/p+1/t20-/m0/s1. The van der Waals surface area contributed by atoms with Crippen LogP contribution in [-0.4, -0.2) is 56.0 Å². The van der Waals surface area contributed by atoms with Gasteiger partial charge in [0.15, 0.2) is 0 Å². The second-order valence-corrected chi connectivity index (χ2v) is 7.56. The summed E-state index contributed by atoms with van der Waals surface area (Å²) in [6.45, 7) is 1.06. The van der Waals surface area contributed by atoms with Gasteiger partial charge in [-0.25, -0.2) is 4.39 Å². The van der Waals surface area contributed by atoms with Gasteiger partial charge in [0.1, 0.15) is 17.3 Å². The minimum atomic E-state index is -0.991. The molecule has 1 fully saturated rings. The first-order valence-electron chi connectivity index (χ1n) is 9.81. The third-order valence-corrected chi connectivity index (χ3v) is 5.16. The Labute approximate surface area is 175 Å². The monoisotopic (exact) mass is 413 g/mol. The predicted molar refractivity (Wildman–Crippen MR) is 111 cm³/mol. The highest BCUT2D eigenvalue weighted by molar-refractivity contribution is 6.46. The van der Waals surface area contributed by atoms with Crippen molar-refractivity contribution in [3.8, 4) is 5.75 Å². The van der Waals surface area contributed by atoms with Crippen molar-refractivity contribution >= 4 is 17.4 Å². The van der Waals surface area contributed by atoms with Crippen molar-refractivity contribution in [2.75, 3.05) is 34.3 Å². The van der Waals surface area contributed by atoms with Gasteiger partial charge >= 0.3 is 0 Å². The van der Waals surface area contributed by atoms with Crippen molar-refractivity contribution in [3.63, 3.8) is 0 Å². The number of likely N-dealkylation sites (tertiary alicyclic amines) is 1. The number of nitrogens with one attached hydrogen (secondary N) is 1. The van der Waals surface area contributed by atoms with Crippen molar-refractivity contribution in [2.45, 2.75) is 12.5 Å². The van der Waals surface area contributed by atoms with Crippen molar-refractivity contribution < 1.29 is 28.7 Å². The highest BCUT2D eigenvalue weighted by Crippen LogP contribution is 2.40. The van der Waals surface area contributed by atoms with Crippen LogP contribution in [0.15, 0.2) is 54.1 Å². The molecule has 1 atom stereocenters. The molecule has 30 heavy (non-hydrogen) atoms. The molecule has 0 aliphatic carbocycles. The number of hydrogen-bond acceptors (Lipinski definition) is 4. The van der Waals surface area contributed by atoms with Gasteiger partial charge in [0.25, 0.3) is 11.7 Å². The molecule has 2 aromatic rings. The van der Waals surface area contributed by atoms with Crippen LogP contribution in [0.25, 0.3) is 5.76 Å². The minimum absolute atomic E-state index is 0.115. The first-order valence-corrected chi connectivity index (χ1v) is 9.81. The number of halogens is 1. The molecular weight excluding hydrogens is 387 g/mol. The molecule has 6 nitrogen and oxygen atoms in total. The molecule has 1 saturated heterocycles. The molecule has 2 N–H and O–H groups in total. The predicted octanol–water partition coefficient (Wildman–Crippen LogP) is 1.79. The van der Waals surface area contributed by atoms with Crippen molar-refractivity contribution in [3.05, 3.63) is 71.0 Å². The van der Waals surface area contributed by atoms with Gasteiger partial charge in [-0.3, -0.25) is 9.59 Å². The van der Waals surface area contributed by atoms with Crippen LogP contribution in [0.4, 0.5) is 4.39 Å². The highest BCUT2D eigenvalue weighted by atomic mass is 19.1. The van der Waals surface area contributed by atoms with Gasteiger partial charge in [-0.05, 0) is 18.2 Å². The number of carbonyl (C=O) groups is 2. The molecule has 158 valence electrons. The number of aliphatic hydroxyl groups is 1. The van der Waals surface area contributed by atoms with Gasteiger partial charge < -0.3 is 19.6 Å². The van der Waals surface area contributed by atoms with E-state index in [0.717, 1.165) is 6.54 Å². The van der Waals surface area contributed by atoms with Crippen molar-refractivity contribution in [2.24, 2.45) is 0 Å². The highest BCUT2D eigenvalue weighted by Gasteiger charge is 2.46. The van der Waals surface area contributed by atoms with Crippen LogP contribution in [-0.2, 0) is 9.59 Å². The number of ether oxygens (including phenoxy) is 1. The van der Waals surface area contributed by atoms with E-state index in [0.29, 0.717) is 17.7 Å². The zero-order valence-electron chi connectivity index (χ0n) is 17.3. The third-order valence-electron chi connectivity index (χ3n) is 5.16. The van der Waals surface area contributed by atoms with Gasteiger partial charge in [-0.2, -0.15) is 0 Å². The van der Waals surface area contributed by atoms with E-state index >= 15 is 0 Å². The third kappa shape index (κ3) is 4.21. The number of nitrogens with zero attached hydrogens (tertiary/aromatic N) is 1. The van der Waals surface area contributed by atoms with E-state index in [9.17, 15) is 19.1 Å². The molecule has 1 amide bonds. The number of methoxy groups -OCH3 is 1. The Morgan fingerprint density at radius 3 is 2.57 bits per heavy atom. The smallest absolute Gasteiger partial charge is 0.295 e. The fraction of sp³-hybridized carbons (Fsp3) is 0.304. The van der Waals surface area contributed by atoms with E-state index < -0.39 is 23.5 Å². The zero-order valence-corrected chi connectivity index (χ0v) is 17.3. The lowest BCUT2D eigenvalue weighted by Crippen LogP contribution is -3.05. The Morgan fingerprint density at radius 1 is 1.17 bits per heavy atom. The summed E-state index contributed by atoms with van der Waals surface area (Å²) in [4.78, 5) is 28.3. The molecule has 7 heteroatoms. The van der Waals surface area contributed by atoms with E-state index in [1.807, 2.05) is 14.1 Å². The molecule has 0 saturated carbocycles. The lowest BCUT2D eigenvalue weighted by atomic mass is 9.95. The van der Waals surface area contributed by atoms with Crippen molar-refractivity contribution in [1.29, 1.82) is 0 Å². The summed E-state index contributed by atoms with van der Waals surface area (Å²) >= 11 is 0. The molecular formula is C23H26FN2O4+. The number of Topliss-reactive ketones (excluding diaryl/α,β-unsaturated/α-hetero) is 1. The fourth-order valence-electron chi connectivity index (χ4n) is 3.66. The summed E-state index contributed by atoms with van der Waals surface area (Å²) in [7, 11) is 5.47. The number of rotatable bonds is 7. The van der Waals surface area contributed by atoms with E-state index in [-0.39, 0.29) is 23.4 Å². The van der Waals surface area contributed by atoms with Gasteiger partial charge in [-0.15, -0.1) is 0 Å². The average Bonchev–Trinajstić information content (AvgIpc) is 2.98. The number of amides is 1. The number of aliphatic hydroxyl groups excluding tert-OH is 1. The van der Waals surface area contributed by atoms with Crippen LogP contribution < -0.4 is 9.64 Å². The molecule has 2 aromatic carbocycles. The maximum atomic E-state index is 14.7. The topological polar surface area (TPSA) is 71.3 Å². The van der Waals surface area contributed by atoms with Gasteiger partial charge in [-0.1, -0.05) is 30.3 Å². The average molecular weight is 413 g/mol. The number of carbonyl (C=O) groups excluding carboxylic acids is 2. The number of quaternary nitrogens is 1. The van der Waals surface area contributed by atoms with Crippen LogP contribution in [0, 0.1) is 5.82 Å². The van der Waals surface area contributed by atoms with Gasteiger partial charge in [0.05, 0.1) is 39.4 Å². The molecule has 0 unspecified atom stereocenters. The lowest BCUT2D eigenvalue weighted by molar-refractivity contribution is -0.858. The SMILES string of the molecule is COc1cccc(C(O)=C2C(=O)C(=O)N(CCC[NH+](C)C)[C@H]2c2ccccc2F)c1. The van der Waals surface area contributed by atoms with Crippen LogP contribution >= 0.6 is 0 Å². The fourth-order valence-corrected chi connectivity index (χ4v) is 3.66. The van der Waals surface area contributed by atoms with E-state index in [2.05, 4.69) is 0 Å². The molecule has 0 aromatic heterocycles. The molecule has 0 radical (unpaired) electrons. The second-order valence-electron chi connectivity index (χ2n) is 7.56. The summed E-state index contributed by atoms with van der Waals surface area (Å²) < 4.78 is 19.9. The maximum Gasteiger partial charge on any atom is 0.295 e. The minimum Gasteiger partial charge on any atom is -0.507 e. The van der Waals surface area contributed by atoms with Crippen LogP contribution in [0.3, 0.4) is 0 Å². The Kier molecular flexibility index (Phi) is 6.52. The van der Waals surface area contributed by atoms with Crippen molar-refractivity contribution in [1.82, 2.24) is 4.90 Å². The molecule has 3 rings (SSSR count). The summed E-state index contributed by atoms with van der Waals surface area (Å²) in [5.41, 5.74) is 0.389. The molecule has 1 heterocycles. The summed E-state index contributed by atoms with van der Waals surface area (Å²) in [5, 5.41) is 11.0.